The predicted octanol–water partition coefficient (Wildman–Crippen LogP) is 0.924. The Morgan fingerprint density at radius 1 is 1.18 bits per heavy atom. The largest absolute Gasteiger partial charge is 0.425 e. The third-order valence-electron chi connectivity index (χ3n) is 4.87. The van der Waals surface area contributed by atoms with Crippen LogP contribution >= 0.6 is 0 Å². The summed E-state index contributed by atoms with van der Waals surface area (Å²) in [7, 11) is 0. The van der Waals surface area contributed by atoms with Crippen LogP contribution in [0.1, 0.15) is 5.56 Å². The Bertz CT molecular complexity index is 980. The molecule has 1 aliphatic heterocycles. The maximum atomic E-state index is 13.3. The van der Waals surface area contributed by atoms with Crippen molar-refractivity contribution in [1.82, 2.24) is 15.3 Å². The van der Waals surface area contributed by atoms with Crippen molar-refractivity contribution in [1.29, 1.82) is 5.41 Å². The van der Waals surface area contributed by atoms with Crippen LogP contribution in [0.15, 0.2) is 54.6 Å². The van der Waals surface area contributed by atoms with E-state index in [1.807, 2.05) is 30.3 Å². The van der Waals surface area contributed by atoms with Crippen molar-refractivity contribution < 1.29 is 23.9 Å². The summed E-state index contributed by atoms with van der Waals surface area (Å²) in [6, 6.07) is 13.8. The first-order valence-electron chi connectivity index (χ1n) is 10.3. The van der Waals surface area contributed by atoms with Gasteiger partial charge in [-0.3, -0.25) is 15.6 Å². The van der Waals surface area contributed by atoms with E-state index < -0.39 is 18.0 Å². The number of guanidine groups is 1. The number of esters is 1. The zero-order chi connectivity index (χ0) is 23.6. The lowest BCUT2D eigenvalue weighted by Gasteiger charge is -2.35. The standard InChI is InChI=1S/C22H26N6O5/c23-21(24)26-17-7-4-8-18(14-17)33-20(30)19(13-16-5-2-1-3-6-16)28(25-15-29)22(31)27-9-11-32-12-10-27/h1-8,14-15,19H,9-13H2,(H,25,29)(H4,23,24,26)/t19-/m0/s1. The number of carbonyl (C=O) groups is 3. The summed E-state index contributed by atoms with van der Waals surface area (Å²) < 4.78 is 10.8. The lowest BCUT2D eigenvalue weighted by molar-refractivity contribution is -0.141. The topological polar surface area (TPSA) is 150 Å². The highest BCUT2D eigenvalue weighted by molar-refractivity contribution is 5.90. The van der Waals surface area contributed by atoms with Gasteiger partial charge in [-0.25, -0.2) is 14.6 Å². The lowest BCUT2D eigenvalue weighted by Crippen LogP contribution is -2.59. The number of ether oxygens (including phenoxy) is 2. The van der Waals surface area contributed by atoms with Crippen molar-refractivity contribution in [3.8, 4) is 5.75 Å². The Morgan fingerprint density at radius 3 is 2.58 bits per heavy atom. The summed E-state index contributed by atoms with van der Waals surface area (Å²) in [5.74, 6) is -0.818. The van der Waals surface area contributed by atoms with Crippen molar-refractivity contribution in [2.24, 2.45) is 5.73 Å². The SMILES string of the molecule is N=C(N)Nc1cccc(OC(=O)[C@H](Cc2ccccc2)N(NC=O)C(=O)N2CCOCC2)c1. The van der Waals surface area contributed by atoms with E-state index in [9.17, 15) is 14.4 Å². The molecule has 11 heteroatoms. The summed E-state index contributed by atoms with van der Waals surface area (Å²) in [6.07, 6.45) is 0.461. The first-order valence-corrected chi connectivity index (χ1v) is 10.3. The van der Waals surface area contributed by atoms with E-state index in [0.717, 1.165) is 10.6 Å². The molecule has 0 bridgehead atoms. The monoisotopic (exact) mass is 454 g/mol. The molecule has 0 radical (unpaired) electrons. The molecule has 1 aliphatic rings. The molecule has 11 nitrogen and oxygen atoms in total. The summed E-state index contributed by atoms with van der Waals surface area (Å²) in [6.45, 7) is 1.40. The molecule has 33 heavy (non-hydrogen) atoms. The normalized spacial score (nSPS) is 14.0. The van der Waals surface area contributed by atoms with E-state index in [4.69, 9.17) is 20.6 Å². The van der Waals surface area contributed by atoms with Gasteiger partial charge in [0.05, 0.1) is 13.2 Å². The highest BCUT2D eigenvalue weighted by Crippen LogP contribution is 2.20. The second-order valence-electron chi connectivity index (χ2n) is 7.19. The quantitative estimate of drug-likeness (QED) is 0.116. The van der Waals surface area contributed by atoms with Gasteiger partial charge in [-0.1, -0.05) is 36.4 Å². The van der Waals surface area contributed by atoms with Crippen LogP contribution in [0.4, 0.5) is 10.5 Å². The van der Waals surface area contributed by atoms with Crippen LogP contribution in [0.3, 0.4) is 0 Å². The number of hydrazine groups is 1. The molecule has 5 N–H and O–H groups in total. The number of nitrogens with two attached hydrogens (primary N) is 1. The molecule has 0 spiro atoms. The van der Waals surface area contributed by atoms with Gasteiger partial charge in [-0.2, -0.15) is 0 Å². The van der Waals surface area contributed by atoms with Crippen LogP contribution in [0, 0.1) is 5.41 Å². The minimum absolute atomic E-state index is 0.113. The van der Waals surface area contributed by atoms with Crippen molar-refractivity contribution in [3.63, 3.8) is 0 Å². The van der Waals surface area contributed by atoms with Crippen LogP contribution in [0.2, 0.25) is 0 Å². The second-order valence-corrected chi connectivity index (χ2v) is 7.19. The van der Waals surface area contributed by atoms with E-state index in [-0.39, 0.29) is 18.1 Å². The molecular formula is C22H26N6O5. The Hall–Kier alpha value is -4.12. The van der Waals surface area contributed by atoms with Crippen molar-refractivity contribution >= 4 is 30.1 Å². The van der Waals surface area contributed by atoms with Gasteiger partial charge in [0, 0.05) is 31.3 Å². The summed E-state index contributed by atoms with van der Waals surface area (Å²) in [5.41, 5.74) is 8.95. The summed E-state index contributed by atoms with van der Waals surface area (Å²) >= 11 is 0. The van der Waals surface area contributed by atoms with Gasteiger partial charge < -0.3 is 25.4 Å². The molecule has 0 aromatic heterocycles. The average molecular weight is 454 g/mol. The first-order chi connectivity index (χ1) is 16.0. The molecule has 0 aliphatic carbocycles. The fourth-order valence-corrected chi connectivity index (χ4v) is 3.34. The molecule has 174 valence electrons. The van der Waals surface area contributed by atoms with E-state index >= 15 is 0 Å². The highest BCUT2D eigenvalue weighted by atomic mass is 16.5. The Balaban J connectivity index is 1.86. The third-order valence-corrected chi connectivity index (χ3v) is 4.87. The van der Waals surface area contributed by atoms with Crippen LogP contribution in [-0.2, 0) is 20.7 Å². The number of nitrogens with zero attached hydrogens (tertiary/aromatic N) is 2. The molecule has 1 atom stereocenters. The van der Waals surface area contributed by atoms with Gasteiger partial charge in [-0.15, -0.1) is 0 Å². The number of urea groups is 1. The van der Waals surface area contributed by atoms with Crippen molar-refractivity contribution in [2.45, 2.75) is 12.5 Å². The Morgan fingerprint density at radius 2 is 1.91 bits per heavy atom. The second kappa shape index (κ2) is 11.5. The average Bonchev–Trinajstić information content (AvgIpc) is 2.82. The van der Waals surface area contributed by atoms with Gasteiger partial charge in [-0.05, 0) is 17.7 Å². The number of rotatable bonds is 8. The molecule has 2 aromatic rings. The van der Waals surface area contributed by atoms with Crippen LogP contribution in [0.25, 0.3) is 0 Å². The van der Waals surface area contributed by atoms with E-state index in [2.05, 4.69) is 10.7 Å². The minimum atomic E-state index is -1.14. The van der Waals surface area contributed by atoms with E-state index in [1.54, 1.807) is 18.2 Å². The maximum Gasteiger partial charge on any atom is 0.339 e. The molecule has 1 fully saturated rings. The van der Waals surface area contributed by atoms with E-state index in [1.165, 1.54) is 11.0 Å². The fraction of sp³-hybridized carbons (Fsp3) is 0.273. The fourth-order valence-electron chi connectivity index (χ4n) is 3.34. The molecule has 3 rings (SSSR count). The summed E-state index contributed by atoms with van der Waals surface area (Å²) in [4.78, 5) is 39.3. The minimum Gasteiger partial charge on any atom is -0.425 e. The van der Waals surface area contributed by atoms with Gasteiger partial charge >= 0.3 is 12.0 Å². The smallest absolute Gasteiger partial charge is 0.339 e. The zero-order valence-corrected chi connectivity index (χ0v) is 17.9. The number of amides is 3. The van der Waals surface area contributed by atoms with Crippen molar-refractivity contribution in [3.05, 3.63) is 60.2 Å². The van der Waals surface area contributed by atoms with Gasteiger partial charge in [0.2, 0.25) is 6.41 Å². The molecule has 2 aromatic carbocycles. The van der Waals surface area contributed by atoms with Crippen LogP contribution in [-0.4, -0.2) is 66.6 Å². The van der Waals surface area contributed by atoms with Gasteiger partial charge in [0.25, 0.3) is 0 Å². The molecular weight excluding hydrogens is 428 g/mol. The third kappa shape index (κ3) is 6.68. The highest BCUT2D eigenvalue weighted by Gasteiger charge is 2.35. The summed E-state index contributed by atoms with van der Waals surface area (Å²) in [5, 5.41) is 11.0. The van der Waals surface area contributed by atoms with Gasteiger partial charge in [0.1, 0.15) is 5.75 Å². The van der Waals surface area contributed by atoms with Crippen LogP contribution < -0.4 is 21.2 Å². The van der Waals surface area contributed by atoms with E-state index in [0.29, 0.717) is 38.4 Å². The predicted molar refractivity (Wildman–Crippen MR) is 120 cm³/mol. The number of anilines is 1. The molecule has 0 saturated carbocycles. The maximum absolute atomic E-state index is 13.3. The number of hydrogen-bond acceptors (Lipinski definition) is 6. The number of morpholine rings is 1. The number of benzene rings is 2. The molecule has 3 amide bonds. The number of carbonyl (C=O) groups excluding carboxylic acids is 3. The number of nitrogens with one attached hydrogen (secondary N) is 3. The lowest BCUT2D eigenvalue weighted by atomic mass is 10.1. The molecule has 1 saturated heterocycles. The Labute approximate surface area is 190 Å². The molecule has 0 unspecified atom stereocenters. The molecule has 1 heterocycles. The zero-order valence-electron chi connectivity index (χ0n) is 17.9. The number of hydrogen-bond donors (Lipinski definition) is 4. The van der Waals surface area contributed by atoms with Crippen LogP contribution in [0.5, 0.6) is 5.75 Å². The van der Waals surface area contributed by atoms with Gasteiger partial charge in [0.15, 0.2) is 12.0 Å². The van der Waals surface area contributed by atoms with Crippen molar-refractivity contribution in [2.75, 3.05) is 31.6 Å². The first kappa shape index (κ1) is 23.5. The Kier molecular flexibility index (Phi) is 8.19.